The number of carbonyl (C=O) groups excluding carboxylic acids is 1. The van der Waals surface area contributed by atoms with Crippen molar-refractivity contribution < 1.29 is 4.79 Å². The molecule has 0 radical (unpaired) electrons. The van der Waals surface area contributed by atoms with Crippen LogP contribution in [-0.4, -0.2) is 16.9 Å². The Labute approximate surface area is 173 Å². The van der Waals surface area contributed by atoms with E-state index in [9.17, 15) is 4.79 Å². The normalized spacial score (nSPS) is 15.0. The number of aromatic nitrogens is 1. The first-order valence-corrected chi connectivity index (χ1v) is 10.1. The smallest absolute Gasteiger partial charge is 0.252 e. The Bertz CT molecular complexity index is 1040. The molecule has 1 heterocycles. The largest absolute Gasteiger partial charge is 0.345 e. The van der Waals surface area contributed by atoms with E-state index in [-0.39, 0.29) is 11.9 Å². The van der Waals surface area contributed by atoms with Crippen LogP contribution in [0.3, 0.4) is 0 Å². The van der Waals surface area contributed by atoms with E-state index in [2.05, 4.69) is 43.6 Å². The van der Waals surface area contributed by atoms with Crippen LogP contribution in [0, 0.1) is 6.92 Å². The van der Waals surface area contributed by atoms with E-state index in [1.54, 1.807) is 12.2 Å². The van der Waals surface area contributed by atoms with Gasteiger partial charge in [-0.15, -0.1) is 0 Å². The van der Waals surface area contributed by atoms with Gasteiger partial charge < -0.3 is 5.32 Å². The minimum Gasteiger partial charge on any atom is -0.345 e. The predicted molar refractivity (Wildman–Crippen MR) is 123 cm³/mol. The lowest BCUT2D eigenvalue weighted by molar-refractivity contribution is 0.0943. The quantitative estimate of drug-likeness (QED) is 0.588. The summed E-state index contributed by atoms with van der Waals surface area (Å²) in [5.74, 6) is -0.0731. The summed E-state index contributed by atoms with van der Waals surface area (Å²) in [4.78, 5) is 18.3. The fraction of sp³-hybridized carbons (Fsp3) is 0.231. The van der Waals surface area contributed by atoms with Gasteiger partial charge in [0.15, 0.2) is 0 Å². The van der Waals surface area contributed by atoms with Crippen molar-refractivity contribution in [2.24, 2.45) is 0 Å². The van der Waals surface area contributed by atoms with Crippen molar-refractivity contribution in [2.45, 2.75) is 39.2 Å². The molecule has 1 atom stereocenters. The molecule has 0 bridgehead atoms. The number of nitrogens with one attached hydrogen (secondary N) is 1. The van der Waals surface area contributed by atoms with Crippen molar-refractivity contribution in [3.05, 3.63) is 96.3 Å². The number of carbonyl (C=O) groups is 1. The van der Waals surface area contributed by atoms with Crippen LogP contribution in [0.4, 0.5) is 0 Å². The van der Waals surface area contributed by atoms with Crippen molar-refractivity contribution in [3.63, 3.8) is 0 Å². The highest BCUT2D eigenvalue weighted by Gasteiger charge is 2.22. The van der Waals surface area contributed by atoms with Crippen LogP contribution in [-0.2, 0) is 0 Å². The molecule has 0 spiro atoms. The van der Waals surface area contributed by atoms with Crippen molar-refractivity contribution in [3.8, 4) is 0 Å². The Kier molecular flexibility index (Phi) is 6.61. The average Bonchev–Trinajstić information content (AvgIpc) is 2.76. The first-order chi connectivity index (χ1) is 14.1. The molecule has 1 N–H and O–H groups in total. The van der Waals surface area contributed by atoms with Gasteiger partial charge in [0, 0.05) is 5.39 Å². The predicted octanol–water partition coefficient (Wildman–Crippen LogP) is 6.08. The van der Waals surface area contributed by atoms with Crippen molar-refractivity contribution in [2.75, 3.05) is 0 Å². The molecule has 1 aromatic heterocycles. The van der Waals surface area contributed by atoms with Crippen LogP contribution in [0.5, 0.6) is 0 Å². The highest BCUT2D eigenvalue weighted by atomic mass is 16.1. The molecule has 3 nitrogen and oxygen atoms in total. The monoisotopic (exact) mass is 384 g/mol. The average molecular weight is 385 g/mol. The molecule has 29 heavy (non-hydrogen) atoms. The molecule has 3 heteroatoms. The fourth-order valence-electron chi connectivity index (χ4n) is 3.80. The van der Waals surface area contributed by atoms with Crippen LogP contribution in [0.2, 0.25) is 0 Å². The Morgan fingerprint density at radius 2 is 2.07 bits per heavy atom. The number of pyridine rings is 1. The number of amides is 1. The number of hydrogen-bond donors (Lipinski definition) is 1. The number of para-hydroxylation sites is 1. The summed E-state index contributed by atoms with van der Waals surface area (Å²) in [6.07, 6.45) is 14.8. The summed E-state index contributed by atoms with van der Waals surface area (Å²) in [7, 11) is 0. The first-order valence-electron chi connectivity index (χ1n) is 10.1. The molecule has 0 fully saturated rings. The maximum Gasteiger partial charge on any atom is 0.252 e. The molecule has 2 aromatic rings. The third-order valence-electron chi connectivity index (χ3n) is 5.29. The van der Waals surface area contributed by atoms with Gasteiger partial charge in [0.25, 0.3) is 5.91 Å². The van der Waals surface area contributed by atoms with Crippen molar-refractivity contribution in [1.29, 1.82) is 0 Å². The molecular formula is C26H28N2O. The minimum atomic E-state index is -0.0731. The van der Waals surface area contributed by atoms with E-state index >= 15 is 0 Å². The zero-order valence-electron chi connectivity index (χ0n) is 17.2. The zero-order valence-corrected chi connectivity index (χ0v) is 17.2. The molecular weight excluding hydrogens is 356 g/mol. The van der Waals surface area contributed by atoms with E-state index in [1.807, 2.05) is 37.3 Å². The second kappa shape index (κ2) is 9.33. The number of allylic oxidation sites excluding steroid dienone is 6. The molecule has 0 aliphatic heterocycles. The highest BCUT2D eigenvalue weighted by Crippen LogP contribution is 2.28. The highest BCUT2D eigenvalue weighted by molar-refractivity contribution is 6.08. The van der Waals surface area contributed by atoms with Crippen LogP contribution in [0.1, 0.15) is 47.8 Å². The van der Waals surface area contributed by atoms with Gasteiger partial charge in [-0.3, -0.25) is 4.79 Å². The number of hydrogen-bond acceptors (Lipinski definition) is 2. The number of benzene rings is 1. The second-order valence-electron chi connectivity index (χ2n) is 7.16. The Morgan fingerprint density at radius 1 is 1.28 bits per heavy atom. The van der Waals surface area contributed by atoms with Crippen molar-refractivity contribution >= 4 is 22.4 Å². The number of rotatable bonds is 7. The topological polar surface area (TPSA) is 42.0 Å². The van der Waals surface area contributed by atoms with Gasteiger partial charge >= 0.3 is 0 Å². The van der Waals surface area contributed by atoms with E-state index in [4.69, 9.17) is 4.98 Å². The van der Waals surface area contributed by atoms with Crippen LogP contribution >= 0.6 is 0 Å². The van der Waals surface area contributed by atoms with Gasteiger partial charge in [-0.1, -0.05) is 74.7 Å². The van der Waals surface area contributed by atoms with Gasteiger partial charge in [0.2, 0.25) is 0 Å². The molecule has 0 saturated carbocycles. The second-order valence-corrected chi connectivity index (χ2v) is 7.16. The van der Waals surface area contributed by atoms with Gasteiger partial charge in [-0.25, -0.2) is 4.98 Å². The van der Waals surface area contributed by atoms with E-state index < -0.39 is 0 Å². The summed E-state index contributed by atoms with van der Waals surface area (Å²) in [5.41, 5.74) is 5.09. The molecule has 0 saturated heterocycles. The SMILES string of the molecule is C=C/C=C(\C=C)c1nc2ccccc2c(C(=O)NC(CC)C2=CCCC=C2)c1C. The zero-order chi connectivity index (χ0) is 20.8. The standard InChI is InChI=1S/C26H28N2O/c1-5-13-19(6-2)25-18(4)24(21-16-11-12-17-23(21)27-25)26(29)28-22(7-3)20-14-9-8-10-15-20/h5-6,9,11-17,22H,1-2,7-8,10H2,3-4H3,(H,28,29)/b19-13+. The molecule has 1 aliphatic rings. The summed E-state index contributed by atoms with van der Waals surface area (Å²) >= 11 is 0. The summed E-state index contributed by atoms with van der Waals surface area (Å²) in [5, 5.41) is 4.11. The number of fused-ring (bicyclic) bond motifs is 1. The minimum absolute atomic E-state index is 0.00332. The van der Waals surface area contributed by atoms with Gasteiger partial charge in [-0.2, -0.15) is 0 Å². The maximum atomic E-state index is 13.5. The lowest BCUT2D eigenvalue weighted by Crippen LogP contribution is -2.36. The lowest BCUT2D eigenvalue weighted by atomic mass is 9.95. The van der Waals surface area contributed by atoms with Crippen LogP contribution in [0.15, 0.2) is 79.5 Å². The lowest BCUT2D eigenvalue weighted by Gasteiger charge is -2.22. The molecule has 1 unspecified atom stereocenters. The van der Waals surface area contributed by atoms with E-state index in [0.29, 0.717) is 5.56 Å². The van der Waals surface area contributed by atoms with Gasteiger partial charge in [0.1, 0.15) is 0 Å². The third-order valence-corrected chi connectivity index (χ3v) is 5.29. The maximum absolute atomic E-state index is 13.5. The Hall–Kier alpha value is -3.20. The number of nitrogens with zero attached hydrogens (tertiary/aromatic N) is 1. The first kappa shape index (κ1) is 20.5. The summed E-state index contributed by atoms with van der Waals surface area (Å²) in [6.45, 7) is 11.7. The van der Waals surface area contributed by atoms with E-state index in [0.717, 1.165) is 47.0 Å². The molecule has 1 amide bonds. The third kappa shape index (κ3) is 4.29. The fourth-order valence-corrected chi connectivity index (χ4v) is 3.80. The summed E-state index contributed by atoms with van der Waals surface area (Å²) < 4.78 is 0. The van der Waals surface area contributed by atoms with Gasteiger partial charge in [-0.05, 0) is 49.0 Å². The van der Waals surface area contributed by atoms with Crippen LogP contribution in [0.25, 0.3) is 16.5 Å². The van der Waals surface area contributed by atoms with Crippen molar-refractivity contribution in [1.82, 2.24) is 10.3 Å². The van der Waals surface area contributed by atoms with E-state index in [1.165, 1.54) is 5.57 Å². The summed E-state index contributed by atoms with van der Waals surface area (Å²) in [6, 6.07) is 7.77. The molecule has 1 aromatic carbocycles. The molecule has 3 rings (SSSR count). The Balaban J connectivity index is 2.10. The Morgan fingerprint density at radius 3 is 2.72 bits per heavy atom. The molecule has 148 valence electrons. The molecule has 1 aliphatic carbocycles. The van der Waals surface area contributed by atoms with Gasteiger partial charge in [0.05, 0.1) is 22.8 Å². The van der Waals surface area contributed by atoms with Crippen LogP contribution < -0.4 is 5.32 Å².